The Hall–Kier alpha value is -1.12. The van der Waals surface area contributed by atoms with E-state index < -0.39 is 0 Å². The largest absolute Gasteiger partial charge is 0.349 e. The minimum atomic E-state index is 0.746. The number of fused-ring (bicyclic) bond motifs is 2. The van der Waals surface area contributed by atoms with Crippen molar-refractivity contribution in [2.45, 2.75) is 44.7 Å². The molecule has 74 valence electrons. The summed E-state index contributed by atoms with van der Waals surface area (Å²) in [5.74, 6) is 1.12. The lowest BCUT2D eigenvalue weighted by atomic mass is 10.0. The van der Waals surface area contributed by atoms with Gasteiger partial charge in [0.05, 0.1) is 5.69 Å². The van der Waals surface area contributed by atoms with Crippen molar-refractivity contribution in [3.63, 3.8) is 0 Å². The highest BCUT2D eigenvalue weighted by Crippen LogP contribution is 2.40. The molecule has 2 aliphatic heterocycles. The van der Waals surface area contributed by atoms with E-state index in [2.05, 4.69) is 21.8 Å². The summed E-state index contributed by atoms with van der Waals surface area (Å²) in [6, 6.07) is 1.49. The van der Waals surface area contributed by atoms with Crippen LogP contribution in [0, 0.1) is 6.92 Å². The minimum absolute atomic E-state index is 0.746. The lowest BCUT2D eigenvalue weighted by molar-refractivity contribution is 0.576. The Labute approximate surface area is 84.2 Å². The molecular weight excluding hydrogens is 174 g/mol. The van der Waals surface area contributed by atoms with Crippen molar-refractivity contribution >= 4 is 5.82 Å². The maximum Gasteiger partial charge on any atom is 0.150 e. The van der Waals surface area contributed by atoms with Gasteiger partial charge < -0.3 is 4.90 Å². The van der Waals surface area contributed by atoms with Crippen LogP contribution in [0.1, 0.15) is 31.4 Å². The molecule has 0 radical (unpaired) electrons. The molecule has 0 aromatic carbocycles. The van der Waals surface area contributed by atoms with Crippen LogP contribution >= 0.6 is 0 Å². The van der Waals surface area contributed by atoms with Gasteiger partial charge in [0.25, 0.3) is 0 Å². The summed E-state index contributed by atoms with van der Waals surface area (Å²) in [7, 11) is 0. The van der Waals surface area contributed by atoms with E-state index >= 15 is 0 Å². The third-order valence-corrected chi connectivity index (χ3v) is 3.55. The topological polar surface area (TPSA) is 29.0 Å². The molecule has 0 atom stereocenters. The van der Waals surface area contributed by atoms with E-state index in [9.17, 15) is 0 Å². The summed E-state index contributed by atoms with van der Waals surface area (Å²) in [6.07, 6.45) is 8.97. The van der Waals surface area contributed by atoms with E-state index in [1.807, 2.05) is 0 Å². The number of rotatable bonds is 1. The lowest BCUT2D eigenvalue weighted by Crippen LogP contribution is -2.29. The van der Waals surface area contributed by atoms with Crippen molar-refractivity contribution in [3.8, 4) is 0 Å². The van der Waals surface area contributed by atoms with Crippen molar-refractivity contribution < 1.29 is 0 Å². The van der Waals surface area contributed by atoms with Gasteiger partial charge in [0.15, 0.2) is 5.82 Å². The standard InChI is InChI=1S/C11H15N3/c1-8-11(13-7-6-12-8)14-9-2-3-10(14)5-4-9/h6-7,9-10H,2-5H2,1H3. The number of hydrogen-bond acceptors (Lipinski definition) is 3. The fourth-order valence-electron chi connectivity index (χ4n) is 2.91. The van der Waals surface area contributed by atoms with Gasteiger partial charge in [-0.1, -0.05) is 0 Å². The lowest BCUT2D eigenvalue weighted by Gasteiger charge is -2.23. The van der Waals surface area contributed by atoms with Crippen molar-refractivity contribution in [1.82, 2.24) is 9.97 Å². The molecule has 2 aliphatic rings. The first-order valence-corrected chi connectivity index (χ1v) is 5.42. The average Bonchev–Trinajstić information content (AvgIpc) is 2.78. The van der Waals surface area contributed by atoms with Crippen LogP contribution in [0.3, 0.4) is 0 Å². The van der Waals surface area contributed by atoms with Crippen LogP contribution in [0.15, 0.2) is 12.4 Å². The van der Waals surface area contributed by atoms with Gasteiger partial charge in [-0.15, -0.1) is 0 Å². The monoisotopic (exact) mass is 189 g/mol. The van der Waals surface area contributed by atoms with Gasteiger partial charge in [-0.3, -0.25) is 4.98 Å². The van der Waals surface area contributed by atoms with E-state index in [1.54, 1.807) is 12.4 Å². The highest BCUT2D eigenvalue weighted by Gasteiger charge is 2.40. The summed E-state index contributed by atoms with van der Waals surface area (Å²) in [6.45, 7) is 2.06. The molecule has 3 heterocycles. The predicted molar refractivity (Wildman–Crippen MR) is 55.3 cm³/mol. The molecule has 2 bridgehead atoms. The van der Waals surface area contributed by atoms with Crippen LogP contribution in [0.4, 0.5) is 5.82 Å². The van der Waals surface area contributed by atoms with Crippen molar-refractivity contribution in [2.24, 2.45) is 0 Å². The summed E-state index contributed by atoms with van der Waals surface area (Å²) in [5, 5.41) is 0. The molecule has 2 fully saturated rings. The summed E-state index contributed by atoms with van der Waals surface area (Å²) < 4.78 is 0. The number of aromatic nitrogens is 2. The quantitative estimate of drug-likeness (QED) is 0.675. The van der Waals surface area contributed by atoms with Gasteiger partial charge in [-0.25, -0.2) is 4.98 Å². The molecular formula is C11H15N3. The first-order valence-electron chi connectivity index (χ1n) is 5.42. The van der Waals surface area contributed by atoms with Gasteiger partial charge >= 0.3 is 0 Å². The van der Waals surface area contributed by atoms with Crippen LogP contribution in [0.2, 0.25) is 0 Å². The van der Waals surface area contributed by atoms with Crippen LogP contribution in [0.5, 0.6) is 0 Å². The van der Waals surface area contributed by atoms with Crippen molar-refractivity contribution in [2.75, 3.05) is 4.90 Å². The van der Waals surface area contributed by atoms with Gasteiger partial charge in [-0.05, 0) is 32.6 Å². The zero-order valence-electron chi connectivity index (χ0n) is 8.48. The van der Waals surface area contributed by atoms with Gasteiger partial charge in [-0.2, -0.15) is 0 Å². The summed E-state index contributed by atoms with van der Waals surface area (Å²) >= 11 is 0. The molecule has 0 unspecified atom stereocenters. The smallest absolute Gasteiger partial charge is 0.150 e. The SMILES string of the molecule is Cc1nccnc1N1C2CCC1CC2. The Bertz CT molecular complexity index is 330. The maximum absolute atomic E-state index is 4.46. The molecule has 14 heavy (non-hydrogen) atoms. The van der Waals surface area contributed by atoms with Crippen molar-refractivity contribution in [1.29, 1.82) is 0 Å². The molecule has 1 aromatic rings. The second-order valence-electron chi connectivity index (χ2n) is 4.33. The molecule has 3 rings (SSSR count). The van der Waals surface area contributed by atoms with E-state index in [-0.39, 0.29) is 0 Å². The second kappa shape index (κ2) is 2.94. The van der Waals surface area contributed by atoms with Gasteiger partial charge in [0, 0.05) is 24.5 Å². The second-order valence-corrected chi connectivity index (χ2v) is 4.33. The first-order chi connectivity index (χ1) is 6.86. The Balaban J connectivity index is 2.00. The molecule has 2 saturated heterocycles. The fraction of sp³-hybridized carbons (Fsp3) is 0.636. The highest BCUT2D eigenvalue weighted by atomic mass is 15.3. The molecule has 0 N–H and O–H groups in total. The Morgan fingerprint density at radius 3 is 2.21 bits per heavy atom. The number of nitrogens with zero attached hydrogens (tertiary/aromatic N) is 3. The van der Waals surface area contributed by atoms with Gasteiger partial charge in [0.2, 0.25) is 0 Å². The molecule has 0 aliphatic carbocycles. The van der Waals surface area contributed by atoms with Crippen LogP contribution in [0.25, 0.3) is 0 Å². The predicted octanol–water partition coefficient (Wildman–Crippen LogP) is 1.92. The van der Waals surface area contributed by atoms with E-state index in [4.69, 9.17) is 0 Å². The number of hydrogen-bond donors (Lipinski definition) is 0. The Kier molecular flexibility index (Phi) is 1.72. The van der Waals surface area contributed by atoms with Crippen LogP contribution < -0.4 is 4.90 Å². The zero-order chi connectivity index (χ0) is 9.54. The third-order valence-electron chi connectivity index (χ3n) is 3.55. The van der Waals surface area contributed by atoms with E-state index in [0.717, 1.165) is 23.6 Å². The molecule has 0 spiro atoms. The van der Waals surface area contributed by atoms with E-state index in [0.29, 0.717) is 0 Å². The fourth-order valence-corrected chi connectivity index (χ4v) is 2.91. The van der Waals surface area contributed by atoms with Crippen molar-refractivity contribution in [3.05, 3.63) is 18.1 Å². The molecule has 0 amide bonds. The Morgan fingerprint density at radius 1 is 1.07 bits per heavy atom. The maximum atomic E-state index is 4.46. The molecule has 3 heteroatoms. The third kappa shape index (κ3) is 1.04. The summed E-state index contributed by atoms with van der Waals surface area (Å²) in [4.78, 5) is 11.3. The molecule has 3 nitrogen and oxygen atoms in total. The van der Waals surface area contributed by atoms with Crippen LogP contribution in [-0.2, 0) is 0 Å². The normalized spacial score (nSPS) is 29.9. The molecule has 0 saturated carbocycles. The number of anilines is 1. The first kappa shape index (κ1) is 8.21. The minimum Gasteiger partial charge on any atom is -0.349 e. The summed E-state index contributed by atoms with van der Waals surface area (Å²) in [5.41, 5.74) is 1.08. The highest BCUT2D eigenvalue weighted by molar-refractivity contribution is 5.47. The van der Waals surface area contributed by atoms with Gasteiger partial charge in [0.1, 0.15) is 0 Å². The van der Waals surface area contributed by atoms with E-state index in [1.165, 1.54) is 25.7 Å². The Morgan fingerprint density at radius 2 is 1.64 bits per heavy atom. The number of aryl methyl sites for hydroxylation is 1. The zero-order valence-corrected chi connectivity index (χ0v) is 8.48. The molecule has 1 aromatic heterocycles. The average molecular weight is 189 g/mol. The van der Waals surface area contributed by atoms with Crippen LogP contribution in [-0.4, -0.2) is 22.1 Å².